The van der Waals surface area contributed by atoms with Gasteiger partial charge in [0.25, 0.3) is 0 Å². The van der Waals surface area contributed by atoms with Crippen LogP contribution in [-0.4, -0.2) is 9.97 Å². The maximum atomic E-state index is 5.74. The van der Waals surface area contributed by atoms with Crippen molar-refractivity contribution in [3.63, 3.8) is 0 Å². The third kappa shape index (κ3) is 3.14. The maximum absolute atomic E-state index is 5.74. The van der Waals surface area contributed by atoms with Gasteiger partial charge in [-0.1, -0.05) is 51.2 Å². The highest BCUT2D eigenvalue weighted by molar-refractivity contribution is 7.80. The Morgan fingerprint density at radius 2 is 1.85 bits per heavy atom. The van der Waals surface area contributed by atoms with E-state index in [2.05, 4.69) is 37.1 Å². The fourth-order valence-corrected chi connectivity index (χ4v) is 2.24. The molecule has 0 saturated carbocycles. The van der Waals surface area contributed by atoms with Crippen molar-refractivity contribution >= 4 is 28.7 Å². The van der Waals surface area contributed by atoms with Crippen molar-refractivity contribution in [1.82, 2.24) is 4.98 Å². The van der Waals surface area contributed by atoms with Gasteiger partial charge in [-0.2, -0.15) is 0 Å². The molecule has 20 heavy (non-hydrogen) atoms. The SMILES string of the molecule is CC(C)(C)c1ccccc1Nc1ncccc1C(N)=S. The molecule has 0 unspecified atom stereocenters. The van der Waals surface area contributed by atoms with E-state index in [9.17, 15) is 0 Å². The van der Waals surface area contributed by atoms with E-state index in [0.29, 0.717) is 10.8 Å². The first-order valence-corrected chi connectivity index (χ1v) is 6.92. The molecule has 1 aromatic heterocycles. The minimum Gasteiger partial charge on any atom is -0.389 e. The van der Waals surface area contributed by atoms with Crippen molar-refractivity contribution in [3.05, 3.63) is 53.7 Å². The van der Waals surface area contributed by atoms with Crippen LogP contribution < -0.4 is 11.1 Å². The molecule has 0 bridgehead atoms. The van der Waals surface area contributed by atoms with Gasteiger partial charge in [0.1, 0.15) is 10.8 Å². The van der Waals surface area contributed by atoms with Crippen LogP contribution in [0.5, 0.6) is 0 Å². The molecule has 0 radical (unpaired) electrons. The zero-order valence-corrected chi connectivity index (χ0v) is 12.8. The summed E-state index contributed by atoms with van der Waals surface area (Å²) in [5.74, 6) is 0.691. The van der Waals surface area contributed by atoms with Crippen LogP contribution in [0.1, 0.15) is 31.9 Å². The summed E-state index contributed by atoms with van der Waals surface area (Å²) in [6, 6.07) is 11.9. The molecule has 0 fully saturated rings. The zero-order valence-electron chi connectivity index (χ0n) is 12.0. The standard InChI is InChI=1S/C16H19N3S/c1-16(2,3)12-8-4-5-9-13(12)19-15-11(14(17)20)7-6-10-18-15/h4-10H,1-3H3,(H2,17,20)(H,18,19). The van der Waals surface area contributed by atoms with Crippen LogP contribution in [0.15, 0.2) is 42.6 Å². The van der Waals surface area contributed by atoms with Gasteiger partial charge in [-0.15, -0.1) is 0 Å². The molecule has 0 amide bonds. The third-order valence-corrected chi connectivity index (χ3v) is 3.28. The van der Waals surface area contributed by atoms with Crippen LogP contribution in [0.25, 0.3) is 0 Å². The Balaban J connectivity index is 2.44. The summed E-state index contributed by atoms with van der Waals surface area (Å²) in [4.78, 5) is 4.68. The van der Waals surface area contributed by atoms with Crippen LogP contribution in [-0.2, 0) is 5.41 Å². The number of benzene rings is 1. The number of para-hydroxylation sites is 1. The summed E-state index contributed by atoms with van der Waals surface area (Å²) in [5, 5.41) is 3.35. The number of aromatic nitrogens is 1. The molecule has 3 N–H and O–H groups in total. The summed E-state index contributed by atoms with van der Waals surface area (Å²) in [6.45, 7) is 6.54. The number of nitrogens with two attached hydrogens (primary N) is 1. The molecule has 1 aromatic carbocycles. The first-order valence-electron chi connectivity index (χ1n) is 6.51. The Morgan fingerprint density at radius 3 is 2.50 bits per heavy atom. The molecular weight excluding hydrogens is 266 g/mol. The lowest BCUT2D eigenvalue weighted by Gasteiger charge is -2.23. The van der Waals surface area contributed by atoms with Crippen molar-refractivity contribution in [1.29, 1.82) is 0 Å². The predicted octanol–water partition coefficient (Wildman–Crippen LogP) is 3.76. The van der Waals surface area contributed by atoms with Crippen molar-refractivity contribution in [2.24, 2.45) is 5.73 Å². The molecule has 0 saturated heterocycles. The second-order valence-corrected chi connectivity index (χ2v) is 6.12. The van der Waals surface area contributed by atoms with Crippen LogP contribution in [0.2, 0.25) is 0 Å². The molecule has 2 aromatic rings. The quantitative estimate of drug-likeness (QED) is 0.843. The van der Waals surface area contributed by atoms with E-state index in [-0.39, 0.29) is 5.41 Å². The lowest BCUT2D eigenvalue weighted by Crippen LogP contribution is -2.16. The summed E-state index contributed by atoms with van der Waals surface area (Å²) in [6.07, 6.45) is 1.73. The fourth-order valence-electron chi connectivity index (χ4n) is 2.08. The number of hydrogen-bond acceptors (Lipinski definition) is 3. The van der Waals surface area contributed by atoms with Gasteiger partial charge >= 0.3 is 0 Å². The molecule has 0 spiro atoms. The minimum absolute atomic E-state index is 0.0434. The highest BCUT2D eigenvalue weighted by atomic mass is 32.1. The number of pyridine rings is 1. The lowest BCUT2D eigenvalue weighted by molar-refractivity contribution is 0.592. The second-order valence-electron chi connectivity index (χ2n) is 5.68. The van der Waals surface area contributed by atoms with Gasteiger partial charge < -0.3 is 11.1 Å². The van der Waals surface area contributed by atoms with Gasteiger partial charge in [-0.25, -0.2) is 4.98 Å². The van der Waals surface area contributed by atoms with Gasteiger partial charge in [0.2, 0.25) is 0 Å². The summed E-state index contributed by atoms with van der Waals surface area (Å²) >= 11 is 5.07. The van der Waals surface area contributed by atoms with Gasteiger partial charge in [0.15, 0.2) is 0 Å². The average molecular weight is 285 g/mol. The van der Waals surface area contributed by atoms with E-state index in [1.807, 2.05) is 30.3 Å². The molecule has 2 rings (SSSR count). The van der Waals surface area contributed by atoms with Crippen molar-refractivity contribution in [3.8, 4) is 0 Å². The Hall–Kier alpha value is -1.94. The summed E-state index contributed by atoms with van der Waals surface area (Å²) < 4.78 is 0. The van der Waals surface area contributed by atoms with Gasteiger partial charge in [-0.3, -0.25) is 0 Å². The number of hydrogen-bond donors (Lipinski definition) is 2. The van der Waals surface area contributed by atoms with Gasteiger partial charge in [-0.05, 0) is 29.2 Å². The largest absolute Gasteiger partial charge is 0.389 e. The first-order chi connectivity index (χ1) is 9.39. The maximum Gasteiger partial charge on any atom is 0.140 e. The number of nitrogens with zero attached hydrogens (tertiary/aromatic N) is 1. The Kier molecular flexibility index (Phi) is 4.04. The molecule has 0 aliphatic carbocycles. The molecule has 3 nitrogen and oxygen atoms in total. The molecular formula is C16H19N3S. The van der Waals surface area contributed by atoms with E-state index >= 15 is 0 Å². The van der Waals surface area contributed by atoms with E-state index in [4.69, 9.17) is 18.0 Å². The van der Waals surface area contributed by atoms with Crippen molar-refractivity contribution in [2.75, 3.05) is 5.32 Å². The first kappa shape index (κ1) is 14.5. The zero-order chi connectivity index (χ0) is 14.8. The van der Waals surface area contributed by atoms with Gasteiger partial charge in [0.05, 0.1) is 5.56 Å². The molecule has 4 heteroatoms. The average Bonchev–Trinajstić information content (AvgIpc) is 2.38. The monoisotopic (exact) mass is 285 g/mol. The van der Waals surface area contributed by atoms with Crippen LogP contribution in [0.4, 0.5) is 11.5 Å². The van der Waals surface area contributed by atoms with Gasteiger partial charge in [0, 0.05) is 11.9 Å². The highest BCUT2D eigenvalue weighted by Gasteiger charge is 2.18. The predicted molar refractivity (Wildman–Crippen MR) is 88.5 cm³/mol. The molecule has 0 aliphatic heterocycles. The highest BCUT2D eigenvalue weighted by Crippen LogP contribution is 2.31. The summed E-state index contributed by atoms with van der Waals surface area (Å²) in [5.41, 5.74) is 8.79. The Bertz CT molecular complexity index is 630. The third-order valence-electron chi connectivity index (χ3n) is 3.06. The smallest absolute Gasteiger partial charge is 0.140 e. The van der Waals surface area contributed by atoms with Crippen LogP contribution in [0, 0.1) is 0 Å². The molecule has 1 heterocycles. The molecule has 0 aliphatic rings. The normalized spacial score (nSPS) is 11.2. The van der Waals surface area contributed by atoms with E-state index in [0.717, 1.165) is 11.3 Å². The number of thiocarbonyl (C=S) groups is 1. The van der Waals surface area contributed by atoms with E-state index in [1.54, 1.807) is 6.20 Å². The van der Waals surface area contributed by atoms with Crippen LogP contribution in [0.3, 0.4) is 0 Å². The number of nitrogens with one attached hydrogen (secondary N) is 1. The molecule has 104 valence electrons. The Morgan fingerprint density at radius 1 is 1.15 bits per heavy atom. The Labute approximate surface area is 125 Å². The van der Waals surface area contributed by atoms with E-state index in [1.165, 1.54) is 5.56 Å². The van der Waals surface area contributed by atoms with E-state index < -0.39 is 0 Å². The van der Waals surface area contributed by atoms with Crippen LogP contribution >= 0.6 is 12.2 Å². The number of rotatable bonds is 3. The lowest BCUT2D eigenvalue weighted by atomic mass is 9.86. The van der Waals surface area contributed by atoms with Crippen molar-refractivity contribution in [2.45, 2.75) is 26.2 Å². The second kappa shape index (κ2) is 5.59. The fraction of sp³-hybridized carbons (Fsp3) is 0.250. The molecule has 0 atom stereocenters. The topological polar surface area (TPSA) is 50.9 Å². The van der Waals surface area contributed by atoms with Crippen molar-refractivity contribution < 1.29 is 0 Å². The number of anilines is 2. The minimum atomic E-state index is 0.0434. The summed E-state index contributed by atoms with van der Waals surface area (Å²) in [7, 11) is 0.